The van der Waals surface area contributed by atoms with E-state index < -0.39 is 5.97 Å². The van der Waals surface area contributed by atoms with Crippen LogP contribution < -0.4 is 4.74 Å². The summed E-state index contributed by atoms with van der Waals surface area (Å²) in [5.41, 5.74) is 3.23. The highest BCUT2D eigenvalue weighted by Crippen LogP contribution is 2.27. The molecular formula is C23H19ClN2O2. The van der Waals surface area contributed by atoms with Crippen LogP contribution in [0.2, 0.25) is 5.02 Å². The Morgan fingerprint density at radius 2 is 1.61 bits per heavy atom. The van der Waals surface area contributed by atoms with Gasteiger partial charge in [0.15, 0.2) is 5.82 Å². The smallest absolute Gasteiger partial charge is 0.343 e. The SMILES string of the molecule is C=CCc1cnc(-c2ccc(C(=O)Oc3ccc(CC=C)cc3Cl)cc2)nc1. The number of benzene rings is 2. The lowest BCUT2D eigenvalue weighted by Gasteiger charge is -2.08. The largest absolute Gasteiger partial charge is 0.421 e. The zero-order valence-corrected chi connectivity index (χ0v) is 16.0. The summed E-state index contributed by atoms with van der Waals surface area (Å²) in [5.74, 6) is 0.436. The summed E-state index contributed by atoms with van der Waals surface area (Å²) in [7, 11) is 0. The predicted octanol–water partition coefficient (Wildman–Crippen LogP) is 5.47. The Kier molecular flexibility index (Phi) is 6.35. The Labute approximate surface area is 169 Å². The number of ether oxygens (including phenoxy) is 1. The number of hydrogen-bond donors (Lipinski definition) is 0. The van der Waals surface area contributed by atoms with Crippen molar-refractivity contribution in [3.8, 4) is 17.1 Å². The summed E-state index contributed by atoms with van der Waals surface area (Å²) < 4.78 is 5.42. The zero-order chi connectivity index (χ0) is 19.9. The van der Waals surface area contributed by atoms with Crippen LogP contribution in [0, 0.1) is 0 Å². The van der Waals surface area contributed by atoms with E-state index in [-0.39, 0.29) is 0 Å². The second-order valence-corrected chi connectivity index (χ2v) is 6.54. The summed E-state index contributed by atoms with van der Waals surface area (Å²) in [4.78, 5) is 21.1. The molecule has 3 aromatic rings. The van der Waals surface area contributed by atoms with Crippen molar-refractivity contribution >= 4 is 17.6 Å². The molecule has 0 unspecified atom stereocenters. The topological polar surface area (TPSA) is 52.1 Å². The third kappa shape index (κ3) is 4.72. The van der Waals surface area contributed by atoms with E-state index in [1.54, 1.807) is 60.9 Å². The van der Waals surface area contributed by atoms with E-state index in [2.05, 4.69) is 23.1 Å². The van der Waals surface area contributed by atoms with E-state index in [0.29, 0.717) is 28.6 Å². The molecule has 0 fully saturated rings. The van der Waals surface area contributed by atoms with Crippen LogP contribution >= 0.6 is 11.6 Å². The van der Waals surface area contributed by atoms with Gasteiger partial charge in [-0.1, -0.05) is 42.0 Å². The van der Waals surface area contributed by atoms with Gasteiger partial charge in [-0.3, -0.25) is 0 Å². The minimum Gasteiger partial charge on any atom is -0.421 e. The maximum Gasteiger partial charge on any atom is 0.343 e. The van der Waals surface area contributed by atoms with Crippen molar-refractivity contribution in [3.63, 3.8) is 0 Å². The molecule has 0 N–H and O–H groups in total. The van der Waals surface area contributed by atoms with Gasteiger partial charge in [0.25, 0.3) is 0 Å². The lowest BCUT2D eigenvalue weighted by molar-refractivity contribution is 0.0735. The molecule has 2 aromatic carbocycles. The van der Waals surface area contributed by atoms with Crippen molar-refractivity contribution in [2.24, 2.45) is 0 Å². The van der Waals surface area contributed by atoms with Crippen molar-refractivity contribution in [1.29, 1.82) is 0 Å². The first-order valence-electron chi connectivity index (χ1n) is 8.74. The number of halogens is 1. The fourth-order valence-electron chi connectivity index (χ4n) is 2.61. The van der Waals surface area contributed by atoms with Gasteiger partial charge >= 0.3 is 5.97 Å². The molecule has 0 bridgehead atoms. The molecular weight excluding hydrogens is 372 g/mol. The monoisotopic (exact) mass is 390 g/mol. The number of esters is 1. The number of allylic oxidation sites excluding steroid dienone is 2. The Morgan fingerprint density at radius 1 is 0.964 bits per heavy atom. The third-order valence-corrected chi connectivity index (χ3v) is 4.34. The van der Waals surface area contributed by atoms with Gasteiger partial charge in [0, 0.05) is 18.0 Å². The van der Waals surface area contributed by atoms with Crippen molar-refractivity contribution < 1.29 is 9.53 Å². The maximum atomic E-state index is 12.4. The fraction of sp³-hybridized carbons (Fsp3) is 0.0870. The lowest BCUT2D eigenvalue weighted by atomic mass is 10.1. The van der Waals surface area contributed by atoms with E-state index in [0.717, 1.165) is 23.1 Å². The van der Waals surface area contributed by atoms with E-state index in [4.69, 9.17) is 16.3 Å². The minimum absolute atomic E-state index is 0.324. The molecule has 28 heavy (non-hydrogen) atoms. The van der Waals surface area contributed by atoms with E-state index in [1.165, 1.54) is 0 Å². The van der Waals surface area contributed by atoms with Crippen molar-refractivity contribution in [3.05, 3.63) is 102 Å². The molecule has 0 amide bonds. The molecule has 1 heterocycles. The Balaban J connectivity index is 1.71. The van der Waals surface area contributed by atoms with Crippen LogP contribution in [-0.4, -0.2) is 15.9 Å². The van der Waals surface area contributed by atoms with Gasteiger partial charge in [-0.05, 0) is 48.2 Å². The number of rotatable bonds is 7. The standard InChI is InChI=1S/C23H19ClN2O2/c1-3-5-16-7-12-21(20(24)13-16)28-23(27)19-10-8-18(9-11-19)22-25-14-17(6-4-2)15-26-22/h3-4,7-15H,1-2,5-6H2. The van der Waals surface area contributed by atoms with Crippen LogP contribution in [0.3, 0.4) is 0 Å². The van der Waals surface area contributed by atoms with Gasteiger partial charge in [-0.25, -0.2) is 14.8 Å². The second kappa shape index (κ2) is 9.11. The van der Waals surface area contributed by atoms with Gasteiger partial charge in [0.05, 0.1) is 10.6 Å². The summed E-state index contributed by atoms with van der Waals surface area (Å²) in [5, 5.41) is 0.386. The Bertz CT molecular complexity index is 996. The van der Waals surface area contributed by atoms with Crippen LogP contribution in [0.5, 0.6) is 5.75 Å². The Morgan fingerprint density at radius 3 is 2.21 bits per heavy atom. The van der Waals surface area contributed by atoms with Crippen LogP contribution in [-0.2, 0) is 12.8 Å². The van der Waals surface area contributed by atoms with Gasteiger partial charge in [0.1, 0.15) is 5.75 Å². The average molecular weight is 391 g/mol. The van der Waals surface area contributed by atoms with Crippen LogP contribution in [0.1, 0.15) is 21.5 Å². The van der Waals surface area contributed by atoms with Crippen molar-refractivity contribution in [1.82, 2.24) is 9.97 Å². The molecule has 0 saturated carbocycles. The molecule has 0 radical (unpaired) electrons. The van der Waals surface area contributed by atoms with E-state index in [9.17, 15) is 4.79 Å². The molecule has 0 atom stereocenters. The highest BCUT2D eigenvalue weighted by Gasteiger charge is 2.12. The van der Waals surface area contributed by atoms with Gasteiger partial charge in [0.2, 0.25) is 0 Å². The Hall–Kier alpha value is -3.24. The molecule has 140 valence electrons. The van der Waals surface area contributed by atoms with E-state index in [1.807, 2.05) is 6.07 Å². The minimum atomic E-state index is -0.479. The normalized spacial score (nSPS) is 10.3. The third-order valence-electron chi connectivity index (χ3n) is 4.04. The van der Waals surface area contributed by atoms with Gasteiger partial charge in [-0.2, -0.15) is 0 Å². The highest BCUT2D eigenvalue weighted by atomic mass is 35.5. The maximum absolute atomic E-state index is 12.4. The molecule has 0 saturated heterocycles. The van der Waals surface area contributed by atoms with Crippen LogP contribution in [0.4, 0.5) is 0 Å². The number of nitrogens with zero attached hydrogens (tertiary/aromatic N) is 2. The lowest BCUT2D eigenvalue weighted by Crippen LogP contribution is -2.08. The number of carbonyl (C=O) groups excluding carboxylic acids is 1. The first kappa shape index (κ1) is 19.5. The van der Waals surface area contributed by atoms with Gasteiger partial charge < -0.3 is 4.74 Å². The second-order valence-electron chi connectivity index (χ2n) is 6.13. The van der Waals surface area contributed by atoms with Crippen molar-refractivity contribution in [2.45, 2.75) is 12.8 Å². The molecule has 0 spiro atoms. The molecule has 0 aliphatic carbocycles. The average Bonchev–Trinajstić information content (AvgIpc) is 2.71. The predicted molar refractivity (Wildman–Crippen MR) is 112 cm³/mol. The molecule has 1 aromatic heterocycles. The fourth-order valence-corrected chi connectivity index (χ4v) is 2.85. The van der Waals surface area contributed by atoms with E-state index >= 15 is 0 Å². The summed E-state index contributed by atoms with van der Waals surface area (Å²) in [6.45, 7) is 7.40. The quantitative estimate of drug-likeness (QED) is 0.305. The summed E-state index contributed by atoms with van der Waals surface area (Å²) in [6.07, 6.45) is 8.55. The molecule has 3 rings (SSSR count). The summed E-state index contributed by atoms with van der Waals surface area (Å²) >= 11 is 6.20. The number of carbonyl (C=O) groups is 1. The number of hydrogen-bond acceptors (Lipinski definition) is 4. The molecule has 4 nitrogen and oxygen atoms in total. The number of aromatic nitrogens is 2. The van der Waals surface area contributed by atoms with Gasteiger partial charge in [-0.15, -0.1) is 13.2 Å². The van der Waals surface area contributed by atoms with Crippen LogP contribution in [0.15, 0.2) is 80.2 Å². The first-order valence-corrected chi connectivity index (χ1v) is 9.12. The molecule has 0 aliphatic rings. The first-order chi connectivity index (χ1) is 13.6. The summed E-state index contributed by atoms with van der Waals surface area (Å²) in [6, 6.07) is 12.2. The van der Waals surface area contributed by atoms with Crippen molar-refractivity contribution in [2.75, 3.05) is 0 Å². The highest BCUT2D eigenvalue weighted by molar-refractivity contribution is 6.32. The molecule has 5 heteroatoms. The zero-order valence-electron chi connectivity index (χ0n) is 15.3. The molecule has 0 aliphatic heterocycles. The van der Waals surface area contributed by atoms with Crippen LogP contribution in [0.25, 0.3) is 11.4 Å².